The molecule has 0 rings (SSSR count). The first-order valence-corrected chi connectivity index (χ1v) is 5.60. The molecule has 0 aliphatic carbocycles. The Hall–Kier alpha value is 0.0500. The van der Waals surface area contributed by atoms with Crippen molar-refractivity contribution in [3.8, 4) is 0 Å². The van der Waals surface area contributed by atoms with Crippen LogP contribution in [0.25, 0.3) is 0 Å². The third-order valence-electron chi connectivity index (χ3n) is 1.76. The number of hydrogen-bond donors (Lipinski definition) is 0. The number of rotatable bonds is 5. The van der Waals surface area contributed by atoms with Gasteiger partial charge in [-0.3, -0.25) is 0 Å². The Balaban J connectivity index is 4.04. The number of thioether (sulfide) groups is 1. The summed E-state index contributed by atoms with van der Waals surface area (Å²) in [5.41, 5.74) is 0. The third-order valence-corrected chi connectivity index (χ3v) is 3.15. The summed E-state index contributed by atoms with van der Waals surface area (Å²) in [4.78, 5) is 0. The second-order valence-corrected chi connectivity index (χ2v) is 6.44. The SMILES string of the molecule is C=CC[C@H](OC)[C@H](C)SC(C)(C)C. The molecule has 0 aromatic carbocycles. The monoisotopic (exact) mass is 202 g/mol. The first-order valence-electron chi connectivity index (χ1n) is 4.72. The summed E-state index contributed by atoms with van der Waals surface area (Å²) in [6, 6.07) is 0. The van der Waals surface area contributed by atoms with E-state index in [4.69, 9.17) is 4.74 Å². The fourth-order valence-electron chi connectivity index (χ4n) is 1.28. The van der Waals surface area contributed by atoms with Gasteiger partial charge >= 0.3 is 0 Å². The summed E-state index contributed by atoms with van der Waals surface area (Å²) >= 11 is 1.96. The fourth-order valence-corrected chi connectivity index (χ4v) is 2.77. The van der Waals surface area contributed by atoms with Gasteiger partial charge in [0.15, 0.2) is 0 Å². The molecule has 13 heavy (non-hydrogen) atoms. The zero-order chi connectivity index (χ0) is 10.5. The van der Waals surface area contributed by atoms with Gasteiger partial charge in [0.25, 0.3) is 0 Å². The molecule has 0 saturated heterocycles. The molecule has 0 fully saturated rings. The maximum Gasteiger partial charge on any atom is 0.0721 e. The molecule has 0 saturated carbocycles. The van der Waals surface area contributed by atoms with Gasteiger partial charge in [0.05, 0.1) is 6.10 Å². The van der Waals surface area contributed by atoms with Crippen LogP contribution in [-0.4, -0.2) is 23.2 Å². The van der Waals surface area contributed by atoms with E-state index in [1.54, 1.807) is 7.11 Å². The highest BCUT2D eigenvalue weighted by atomic mass is 32.2. The van der Waals surface area contributed by atoms with Crippen LogP contribution in [0.1, 0.15) is 34.1 Å². The van der Waals surface area contributed by atoms with E-state index < -0.39 is 0 Å². The maximum absolute atomic E-state index is 5.41. The lowest BCUT2D eigenvalue weighted by molar-refractivity contribution is 0.106. The van der Waals surface area contributed by atoms with Crippen LogP contribution in [0.2, 0.25) is 0 Å². The summed E-state index contributed by atoms with van der Waals surface area (Å²) in [5, 5.41) is 0.517. The van der Waals surface area contributed by atoms with Crippen LogP contribution in [0.3, 0.4) is 0 Å². The van der Waals surface area contributed by atoms with E-state index in [-0.39, 0.29) is 0 Å². The first kappa shape index (κ1) is 13.1. The molecule has 0 aliphatic rings. The summed E-state index contributed by atoms with van der Waals surface area (Å²) in [7, 11) is 1.77. The lowest BCUT2D eigenvalue weighted by atomic mass is 10.2. The topological polar surface area (TPSA) is 9.23 Å². The van der Waals surface area contributed by atoms with Crippen LogP contribution in [0, 0.1) is 0 Å². The summed E-state index contributed by atoms with van der Waals surface area (Å²) in [6.45, 7) is 12.6. The molecule has 2 heteroatoms. The summed E-state index contributed by atoms with van der Waals surface area (Å²) in [5.74, 6) is 0. The van der Waals surface area contributed by atoms with Crippen molar-refractivity contribution in [2.75, 3.05) is 7.11 Å². The van der Waals surface area contributed by atoms with Crippen LogP contribution in [0.5, 0.6) is 0 Å². The molecule has 0 N–H and O–H groups in total. The molecule has 2 atom stereocenters. The van der Waals surface area contributed by atoms with Gasteiger partial charge in [-0.2, -0.15) is 11.8 Å². The normalized spacial score (nSPS) is 16.7. The zero-order valence-electron chi connectivity index (χ0n) is 9.46. The lowest BCUT2D eigenvalue weighted by Gasteiger charge is -2.28. The molecule has 0 heterocycles. The van der Waals surface area contributed by atoms with Gasteiger partial charge in [0, 0.05) is 17.1 Å². The van der Waals surface area contributed by atoms with E-state index in [1.807, 2.05) is 17.8 Å². The predicted molar refractivity (Wildman–Crippen MR) is 62.4 cm³/mol. The van der Waals surface area contributed by atoms with Gasteiger partial charge in [0.1, 0.15) is 0 Å². The van der Waals surface area contributed by atoms with Crippen LogP contribution < -0.4 is 0 Å². The minimum atomic E-state index is 0.293. The quantitative estimate of drug-likeness (QED) is 0.631. The van der Waals surface area contributed by atoms with Crippen LogP contribution >= 0.6 is 11.8 Å². The van der Waals surface area contributed by atoms with Crippen molar-refractivity contribution in [3.63, 3.8) is 0 Å². The average molecular weight is 202 g/mol. The maximum atomic E-state index is 5.41. The zero-order valence-corrected chi connectivity index (χ0v) is 10.3. The number of ether oxygens (including phenoxy) is 1. The van der Waals surface area contributed by atoms with Crippen LogP contribution in [-0.2, 0) is 4.74 Å². The van der Waals surface area contributed by atoms with Gasteiger partial charge < -0.3 is 4.74 Å². The van der Waals surface area contributed by atoms with Crippen molar-refractivity contribution in [2.24, 2.45) is 0 Å². The highest BCUT2D eigenvalue weighted by Crippen LogP contribution is 2.31. The molecule has 0 aromatic rings. The Labute approximate surface area is 86.9 Å². The molecule has 0 bridgehead atoms. The minimum Gasteiger partial charge on any atom is -0.380 e. The molecule has 0 aliphatic heterocycles. The molecule has 0 amide bonds. The minimum absolute atomic E-state index is 0.293. The molecule has 1 nitrogen and oxygen atoms in total. The highest BCUT2D eigenvalue weighted by molar-refractivity contribution is 8.01. The average Bonchev–Trinajstić information content (AvgIpc) is 1.96. The van der Waals surface area contributed by atoms with Gasteiger partial charge in [-0.25, -0.2) is 0 Å². The molecule has 78 valence electrons. The highest BCUT2D eigenvalue weighted by Gasteiger charge is 2.22. The molecule has 0 aromatic heterocycles. The van der Waals surface area contributed by atoms with E-state index in [1.165, 1.54) is 0 Å². The first-order chi connectivity index (χ1) is 5.90. The molecular weight excluding hydrogens is 180 g/mol. The van der Waals surface area contributed by atoms with Crippen molar-refractivity contribution < 1.29 is 4.74 Å². The van der Waals surface area contributed by atoms with Crippen molar-refractivity contribution in [1.82, 2.24) is 0 Å². The lowest BCUT2D eigenvalue weighted by Crippen LogP contribution is -2.26. The van der Waals surface area contributed by atoms with Gasteiger partial charge in [-0.1, -0.05) is 33.8 Å². The Morgan fingerprint density at radius 1 is 1.46 bits per heavy atom. The molecular formula is C11H22OS. The van der Waals surface area contributed by atoms with E-state index in [0.717, 1.165) is 6.42 Å². The molecule has 0 spiro atoms. The van der Waals surface area contributed by atoms with E-state index in [2.05, 4.69) is 34.3 Å². The van der Waals surface area contributed by atoms with Gasteiger partial charge in [-0.05, 0) is 6.42 Å². The Morgan fingerprint density at radius 3 is 2.31 bits per heavy atom. The molecule has 0 radical (unpaired) electrons. The smallest absolute Gasteiger partial charge is 0.0721 e. The van der Waals surface area contributed by atoms with Crippen molar-refractivity contribution in [1.29, 1.82) is 0 Å². The van der Waals surface area contributed by atoms with Gasteiger partial charge in [-0.15, -0.1) is 6.58 Å². The van der Waals surface area contributed by atoms with Crippen molar-refractivity contribution in [3.05, 3.63) is 12.7 Å². The number of hydrogen-bond acceptors (Lipinski definition) is 2. The van der Waals surface area contributed by atoms with Crippen molar-refractivity contribution >= 4 is 11.8 Å². The Bertz CT molecular complexity index is 149. The van der Waals surface area contributed by atoms with Crippen LogP contribution in [0.15, 0.2) is 12.7 Å². The summed E-state index contributed by atoms with van der Waals surface area (Å²) < 4.78 is 5.71. The standard InChI is InChI=1S/C11H22OS/c1-7-8-10(12-6)9(2)13-11(3,4)5/h7,9-10H,1,8H2,2-6H3/t9-,10-/m0/s1. The van der Waals surface area contributed by atoms with E-state index in [9.17, 15) is 0 Å². The van der Waals surface area contributed by atoms with E-state index in [0.29, 0.717) is 16.1 Å². The Kier molecular flexibility index (Phi) is 5.73. The molecule has 0 unspecified atom stereocenters. The fraction of sp³-hybridized carbons (Fsp3) is 0.818. The predicted octanol–water partition coefficient (Wildman–Crippen LogP) is 3.50. The summed E-state index contributed by atoms with van der Waals surface area (Å²) in [6.07, 6.45) is 3.15. The second kappa shape index (κ2) is 5.71. The Morgan fingerprint density at radius 2 is 2.00 bits per heavy atom. The third kappa shape index (κ3) is 6.17. The second-order valence-electron chi connectivity index (χ2n) is 4.23. The van der Waals surface area contributed by atoms with Crippen LogP contribution in [0.4, 0.5) is 0 Å². The van der Waals surface area contributed by atoms with Gasteiger partial charge in [0.2, 0.25) is 0 Å². The largest absolute Gasteiger partial charge is 0.380 e. The van der Waals surface area contributed by atoms with E-state index >= 15 is 0 Å². The van der Waals surface area contributed by atoms with Crippen molar-refractivity contribution in [2.45, 2.75) is 50.2 Å². The number of methoxy groups -OCH3 is 1.